The van der Waals surface area contributed by atoms with Gasteiger partial charge >= 0.3 is 0 Å². The molecule has 0 radical (unpaired) electrons. The number of hydrogen-bond acceptors (Lipinski definition) is 4. The normalized spacial score (nSPS) is 11.3. The van der Waals surface area contributed by atoms with Crippen LogP contribution < -0.4 is 9.47 Å². The van der Waals surface area contributed by atoms with Gasteiger partial charge in [0.2, 0.25) is 0 Å². The number of likely N-dealkylation sites (N-methyl/N-ethyl adjacent to an activating group) is 1. The number of amides is 1. The maximum Gasteiger partial charge on any atom is 0.270 e. The van der Waals surface area contributed by atoms with Crippen molar-refractivity contribution in [2.75, 3.05) is 27.8 Å². The summed E-state index contributed by atoms with van der Waals surface area (Å²) in [7, 11) is 5.05. The number of methoxy groups -OCH3 is 2. The molecule has 0 fully saturated rings. The van der Waals surface area contributed by atoms with Crippen molar-refractivity contribution in [3.63, 3.8) is 0 Å². The lowest BCUT2D eigenvalue weighted by Gasteiger charge is -2.19. The van der Waals surface area contributed by atoms with E-state index in [1.165, 1.54) is 0 Å². The Labute approximate surface area is 164 Å². The SMILES string of the molecule is C/C=C\Cn1c(C(=O)N(C)CCc2ccc(OC)c(OC)c2)cc2occc21. The van der Waals surface area contributed by atoms with Crippen LogP contribution in [0.4, 0.5) is 0 Å². The maximum atomic E-state index is 13.0. The molecular formula is C22H26N2O4. The van der Waals surface area contributed by atoms with Crippen LogP contribution in [-0.2, 0) is 13.0 Å². The lowest BCUT2D eigenvalue weighted by molar-refractivity contribution is 0.0787. The molecule has 0 aliphatic carbocycles. The van der Waals surface area contributed by atoms with Gasteiger partial charge < -0.3 is 23.4 Å². The molecular weight excluding hydrogens is 356 g/mol. The number of rotatable bonds is 8. The minimum absolute atomic E-state index is 0.0311. The highest BCUT2D eigenvalue weighted by Gasteiger charge is 2.20. The van der Waals surface area contributed by atoms with E-state index in [1.54, 1.807) is 25.4 Å². The number of fused-ring (bicyclic) bond motifs is 1. The van der Waals surface area contributed by atoms with Crippen molar-refractivity contribution in [3.05, 3.63) is 60.0 Å². The number of ether oxygens (including phenoxy) is 2. The molecule has 0 saturated heterocycles. The Morgan fingerprint density at radius 1 is 1.18 bits per heavy atom. The number of furan rings is 1. The Hall–Kier alpha value is -3.15. The van der Waals surface area contributed by atoms with Gasteiger partial charge in [-0.15, -0.1) is 0 Å². The molecule has 0 aliphatic rings. The Balaban J connectivity index is 1.74. The van der Waals surface area contributed by atoms with Crippen LogP contribution in [-0.4, -0.2) is 43.2 Å². The first-order valence-electron chi connectivity index (χ1n) is 9.23. The van der Waals surface area contributed by atoms with Crippen LogP contribution >= 0.6 is 0 Å². The van der Waals surface area contributed by atoms with Gasteiger partial charge in [-0.3, -0.25) is 4.79 Å². The van der Waals surface area contributed by atoms with Gasteiger partial charge in [0.1, 0.15) is 5.69 Å². The fourth-order valence-corrected chi connectivity index (χ4v) is 3.19. The molecule has 148 valence electrons. The van der Waals surface area contributed by atoms with Crippen LogP contribution in [0.3, 0.4) is 0 Å². The fourth-order valence-electron chi connectivity index (χ4n) is 3.19. The highest BCUT2D eigenvalue weighted by atomic mass is 16.5. The maximum absolute atomic E-state index is 13.0. The van der Waals surface area contributed by atoms with Gasteiger partial charge in [0.25, 0.3) is 5.91 Å². The van der Waals surface area contributed by atoms with Gasteiger partial charge in [-0.05, 0) is 31.0 Å². The third-order valence-electron chi connectivity index (χ3n) is 4.80. The standard InChI is InChI=1S/C22H26N2O4/c1-5-6-11-24-17-10-13-28-20(17)15-18(24)22(25)23(2)12-9-16-7-8-19(26-3)21(14-16)27-4/h5-8,10,13-15H,9,11-12H2,1-4H3/b6-5-. The quantitative estimate of drug-likeness (QED) is 0.550. The summed E-state index contributed by atoms with van der Waals surface area (Å²) in [6, 6.07) is 9.51. The Kier molecular flexibility index (Phi) is 6.09. The Morgan fingerprint density at radius 2 is 1.96 bits per heavy atom. The average molecular weight is 382 g/mol. The zero-order chi connectivity index (χ0) is 20.1. The van der Waals surface area contributed by atoms with E-state index in [1.807, 2.05) is 61.0 Å². The molecule has 3 rings (SSSR count). The van der Waals surface area contributed by atoms with Gasteiger partial charge in [-0.1, -0.05) is 18.2 Å². The first-order valence-corrected chi connectivity index (χ1v) is 9.23. The highest BCUT2D eigenvalue weighted by molar-refractivity contribution is 5.97. The molecule has 0 atom stereocenters. The summed E-state index contributed by atoms with van der Waals surface area (Å²) >= 11 is 0. The molecule has 0 unspecified atom stereocenters. The van der Waals surface area contributed by atoms with E-state index in [2.05, 4.69) is 0 Å². The molecule has 3 aromatic rings. The summed E-state index contributed by atoms with van der Waals surface area (Å²) in [5.41, 5.74) is 3.36. The van der Waals surface area contributed by atoms with Crippen molar-refractivity contribution >= 4 is 17.0 Å². The predicted octanol–water partition coefficient (Wildman–Crippen LogP) is 4.14. The van der Waals surface area contributed by atoms with E-state index >= 15 is 0 Å². The summed E-state index contributed by atoms with van der Waals surface area (Å²) in [5.74, 6) is 1.35. The van der Waals surface area contributed by atoms with Gasteiger partial charge in [0, 0.05) is 32.3 Å². The molecule has 0 bridgehead atoms. The summed E-state index contributed by atoms with van der Waals surface area (Å²) in [6.07, 6.45) is 6.36. The smallest absolute Gasteiger partial charge is 0.270 e. The van der Waals surface area contributed by atoms with E-state index in [4.69, 9.17) is 13.9 Å². The van der Waals surface area contributed by atoms with E-state index < -0.39 is 0 Å². The first-order chi connectivity index (χ1) is 13.6. The fraction of sp³-hybridized carbons (Fsp3) is 0.318. The van der Waals surface area contributed by atoms with Crippen LogP contribution in [0.1, 0.15) is 23.0 Å². The summed E-state index contributed by atoms with van der Waals surface area (Å²) in [6.45, 7) is 3.18. The molecule has 0 spiro atoms. The van der Waals surface area contributed by atoms with Gasteiger partial charge in [-0.25, -0.2) is 0 Å². The second-order valence-electron chi connectivity index (χ2n) is 6.55. The number of allylic oxidation sites excluding steroid dienone is 2. The first kappa shape index (κ1) is 19.6. The minimum Gasteiger partial charge on any atom is -0.493 e. The van der Waals surface area contributed by atoms with E-state index in [9.17, 15) is 4.79 Å². The molecule has 2 aromatic heterocycles. The topological polar surface area (TPSA) is 56.8 Å². The largest absolute Gasteiger partial charge is 0.493 e. The molecule has 1 amide bonds. The lowest BCUT2D eigenvalue weighted by Crippen LogP contribution is -2.30. The van der Waals surface area contributed by atoms with Gasteiger partial charge in [0.15, 0.2) is 17.1 Å². The van der Waals surface area contributed by atoms with Crippen LogP contribution in [0.5, 0.6) is 11.5 Å². The van der Waals surface area contributed by atoms with Crippen molar-refractivity contribution in [2.45, 2.75) is 19.9 Å². The Bertz CT molecular complexity index is 984. The number of nitrogens with zero attached hydrogens (tertiary/aromatic N) is 2. The summed E-state index contributed by atoms with van der Waals surface area (Å²) in [4.78, 5) is 14.8. The van der Waals surface area contributed by atoms with Crippen molar-refractivity contribution in [1.29, 1.82) is 0 Å². The van der Waals surface area contributed by atoms with Gasteiger partial charge in [0.05, 0.1) is 26.0 Å². The van der Waals surface area contributed by atoms with E-state index in [-0.39, 0.29) is 5.91 Å². The molecule has 0 saturated carbocycles. The molecule has 6 nitrogen and oxygen atoms in total. The number of carbonyl (C=O) groups excluding carboxylic acids is 1. The van der Waals surface area contributed by atoms with E-state index in [0.29, 0.717) is 36.7 Å². The highest BCUT2D eigenvalue weighted by Crippen LogP contribution is 2.28. The third kappa shape index (κ3) is 3.91. The number of hydrogen-bond donors (Lipinski definition) is 0. The van der Waals surface area contributed by atoms with Crippen molar-refractivity contribution in [3.8, 4) is 11.5 Å². The zero-order valence-corrected chi connectivity index (χ0v) is 16.8. The second-order valence-corrected chi connectivity index (χ2v) is 6.55. The van der Waals surface area contributed by atoms with Crippen molar-refractivity contribution in [2.24, 2.45) is 0 Å². The Morgan fingerprint density at radius 3 is 2.68 bits per heavy atom. The summed E-state index contributed by atoms with van der Waals surface area (Å²) in [5, 5.41) is 0. The number of aromatic nitrogens is 1. The van der Waals surface area contributed by atoms with Crippen LogP contribution in [0.25, 0.3) is 11.1 Å². The minimum atomic E-state index is -0.0311. The van der Waals surface area contributed by atoms with Gasteiger partial charge in [-0.2, -0.15) is 0 Å². The van der Waals surface area contributed by atoms with Crippen molar-refractivity contribution < 1.29 is 18.7 Å². The monoisotopic (exact) mass is 382 g/mol. The molecule has 28 heavy (non-hydrogen) atoms. The average Bonchev–Trinajstić information content (AvgIpc) is 3.31. The van der Waals surface area contributed by atoms with Crippen LogP contribution in [0.2, 0.25) is 0 Å². The molecule has 1 aromatic carbocycles. The number of carbonyl (C=O) groups is 1. The zero-order valence-electron chi connectivity index (χ0n) is 16.8. The summed E-state index contributed by atoms with van der Waals surface area (Å²) < 4.78 is 18.1. The van der Waals surface area contributed by atoms with E-state index in [0.717, 1.165) is 16.7 Å². The third-order valence-corrected chi connectivity index (χ3v) is 4.80. The van der Waals surface area contributed by atoms with Crippen LogP contribution in [0, 0.1) is 0 Å². The molecule has 0 N–H and O–H groups in total. The molecule has 0 aliphatic heterocycles. The molecule has 6 heteroatoms. The number of benzene rings is 1. The predicted molar refractivity (Wildman–Crippen MR) is 109 cm³/mol. The molecule has 2 heterocycles. The van der Waals surface area contributed by atoms with Crippen LogP contribution in [0.15, 0.2) is 53.2 Å². The second kappa shape index (κ2) is 8.69. The lowest BCUT2D eigenvalue weighted by atomic mass is 10.1. The van der Waals surface area contributed by atoms with Crippen molar-refractivity contribution in [1.82, 2.24) is 9.47 Å².